The third-order valence-corrected chi connectivity index (χ3v) is 6.27. The van der Waals surface area contributed by atoms with Gasteiger partial charge in [-0.15, -0.1) is 11.3 Å². The van der Waals surface area contributed by atoms with Crippen molar-refractivity contribution in [3.8, 4) is 11.3 Å². The predicted octanol–water partition coefficient (Wildman–Crippen LogP) is 3.82. The number of carbonyl (C=O) groups is 1. The van der Waals surface area contributed by atoms with Gasteiger partial charge in [0, 0.05) is 48.0 Å². The summed E-state index contributed by atoms with van der Waals surface area (Å²) >= 11 is 1.65. The molecule has 5 rings (SSSR count). The van der Waals surface area contributed by atoms with Crippen LogP contribution in [0.3, 0.4) is 0 Å². The molecule has 2 aliphatic heterocycles. The zero-order valence-corrected chi connectivity index (χ0v) is 17.5. The van der Waals surface area contributed by atoms with E-state index in [2.05, 4.69) is 26.0 Å². The number of anilines is 3. The molecule has 2 N–H and O–H groups in total. The third kappa shape index (κ3) is 4.17. The molecule has 0 bridgehead atoms. The number of hydrogen-bond acceptors (Lipinski definition) is 6. The topological polar surface area (TPSA) is 84.3 Å². The van der Waals surface area contributed by atoms with E-state index in [9.17, 15) is 4.79 Å². The average molecular weight is 425 g/mol. The van der Waals surface area contributed by atoms with Gasteiger partial charge in [-0.05, 0) is 31.4 Å². The normalized spacial score (nSPS) is 16.2. The van der Waals surface area contributed by atoms with Crippen LogP contribution in [0, 0.1) is 0 Å². The highest BCUT2D eigenvalue weighted by molar-refractivity contribution is 7.14. The second-order valence-electron chi connectivity index (χ2n) is 7.47. The van der Waals surface area contributed by atoms with Gasteiger partial charge in [0.25, 0.3) is 0 Å². The SMILES string of the molecule is O=C(Nc1ccc(-c2csc(N3CCOCC3)n2)cc1)Nc1cc2n(n1)CCCC2. The van der Waals surface area contributed by atoms with Crippen LogP contribution in [0.2, 0.25) is 0 Å². The molecule has 0 aliphatic carbocycles. The monoisotopic (exact) mass is 424 g/mol. The van der Waals surface area contributed by atoms with Crippen molar-refractivity contribution < 1.29 is 9.53 Å². The number of urea groups is 1. The molecule has 156 valence electrons. The fourth-order valence-electron chi connectivity index (χ4n) is 3.78. The largest absolute Gasteiger partial charge is 0.378 e. The zero-order valence-electron chi connectivity index (χ0n) is 16.6. The van der Waals surface area contributed by atoms with E-state index >= 15 is 0 Å². The number of fused-ring (bicyclic) bond motifs is 1. The summed E-state index contributed by atoms with van der Waals surface area (Å²) in [5, 5.41) is 13.2. The quantitative estimate of drug-likeness (QED) is 0.665. The van der Waals surface area contributed by atoms with Crippen LogP contribution in [0.15, 0.2) is 35.7 Å². The Morgan fingerprint density at radius 1 is 1.07 bits per heavy atom. The minimum atomic E-state index is -0.290. The number of nitrogens with zero attached hydrogens (tertiary/aromatic N) is 4. The molecule has 0 radical (unpaired) electrons. The lowest BCUT2D eigenvalue weighted by atomic mass is 10.1. The van der Waals surface area contributed by atoms with Gasteiger partial charge >= 0.3 is 6.03 Å². The minimum Gasteiger partial charge on any atom is -0.378 e. The van der Waals surface area contributed by atoms with Gasteiger partial charge in [-0.3, -0.25) is 10.00 Å². The number of amides is 2. The highest BCUT2D eigenvalue weighted by Gasteiger charge is 2.16. The summed E-state index contributed by atoms with van der Waals surface area (Å²) in [7, 11) is 0. The molecule has 0 atom stereocenters. The Morgan fingerprint density at radius 2 is 1.90 bits per heavy atom. The Balaban J connectivity index is 1.20. The van der Waals surface area contributed by atoms with E-state index in [0.717, 1.165) is 67.8 Å². The van der Waals surface area contributed by atoms with Crippen molar-refractivity contribution in [3.63, 3.8) is 0 Å². The van der Waals surface area contributed by atoms with Crippen LogP contribution in [0.1, 0.15) is 18.5 Å². The van der Waals surface area contributed by atoms with E-state index in [1.807, 2.05) is 35.0 Å². The van der Waals surface area contributed by atoms with Crippen LogP contribution in [0.5, 0.6) is 0 Å². The molecule has 1 saturated heterocycles. The van der Waals surface area contributed by atoms with Crippen LogP contribution >= 0.6 is 11.3 Å². The number of ether oxygens (including phenoxy) is 1. The van der Waals surface area contributed by atoms with Crippen molar-refractivity contribution in [1.82, 2.24) is 14.8 Å². The summed E-state index contributed by atoms with van der Waals surface area (Å²) in [5.74, 6) is 0.596. The van der Waals surface area contributed by atoms with E-state index < -0.39 is 0 Å². The first kappa shape index (κ1) is 19.1. The fraction of sp³-hybridized carbons (Fsp3) is 0.381. The molecule has 30 heavy (non-hydrogen) atoms. The summed E-state index contributed by atoms with van der Waals surface area (Å²) in [6.45, 7) is 4.18. The fourth-order valence-corrected chi connectivity index (χ4v) is 4.67. The van der Waals surface area contributed by atoms with Crippen molar-refractivity contribution in [2.45, 2.75) is 25.8 Å². The highest BCUT2D eigenvalue weighted by Crippen LogP contribution is 2.28. The lowest BCUT2D eigenvalue weighted by Gasteiger charge is -2.26. The van der Waals surface area contributed by atoms with Crippen molar-refractivity contribution in [1.29, 1.82) is 0 Å². The zero-order chi connectivity index (χ0) is 20.3. The average Bonchev–Trinajstić information content (AvgIpc) is 3.42. The number of aryl methyl sites for hydroxylation is 2. The number of benzene rings is 1. The Kier molecular flexibility index (Phi) is 5.37. The summed E-state index contributed by atoms with van der Waals surface area (Å²) in [6.07, 6.45) is 3.33. The lowest BCUT2D eigenvalue weighted by Crippen LogP contribution is -2.36. The van der Waals surface area contributed by atoms with Crippen LogP contribution in [-0.4, -0.2) is 47.1 Å². The van der Waals surface area contributed by atoms with Gasteiger partial charge in [0.05, 0.1) is 18.9 Å². The summed E-state index contributed by atoms with van der Waals surface area (Å²) < 4.78 is 7.39. The Hall–Kier alpha value is -2.91. The summed E-state index contributed by atoms with van der Waals surface area (Å²) in [5.41, 5.74) is 3.88. The van der Waals surface area contributed by atoms with Crippen molar-refractivity contribution in [3.05, 3.63) is 41.4 Å². The van der Waals surface area contributed by atoms with Gasteiger partial charge in [0.15, 0.2) is 10.9 Å². The number of morpholine rings is 1. The lowest BCUT2D eigenvalue weighted by molar-refractivity contribution is 0.122. The molecular weight excluding hydrogens is 400 g/mol. The Bertz CT molecular complexity index is 999. The summed E-state index contributed by atoms with van der Waals surface area (Å²) in [6, 6.07) is 9.39. The first-order valence-corrected chi connectivity index (χ1v) is 11.2. The molecule has 0 unspecified atom stereocenters. The van der Waals surface area contributed by atoms with Gasteiger partial charge in [0.1, 0.15) is 0 Å². The van der Waals surface area contributed by atoms with Crippen LogP contribution in [0.25, 0.3) is 11.3 Å². The van der Waals surface area contributed by atoms with Gasteiger partial charge in [-0.25, -0.2) is 9.78 Å². The molecule has 3 aromatic rings. The molecular formula is C21H24N6O2S. The molecule has 4 heterocycles. The Morgan fingerprint density at radius 3 is 2.70 bits per heavy atom. The van der Waals surface area contributed by atoms with E-state index in [0.29, 0.717) is 5.82 Å². The van der Waals surface area contributed by atoms with E-state index in [-0.39, 0.29) is 6.03 Å². The maximum Gasteiger partial charge on any atom is 0.324 e. The Labute approximate surface area is 178 Å². The minimum absolute atomic E-state index is 0.290. The molecule has 0 saturated carbocycles. The number of carbonyl (C=O) groups excluding carboxylic acids is 1. The molecule has 0 spiro atoms. The van der Waals surface area contributed by atoms with Gasteiger partial charge in [0.2, 0.25) is 0 Å². The molecule has 2 aliphatic rings. The number of nitrogens with one attached hydrogen (secondary N) is 2. The van der Waals surface area contributed by atoms with Gasteiger partial charge in [-0.2, -0.15) is 5.10 Å². The highest BCUT2D eigenvalue weighted by atomic mass is 32.1. The third-order valence-electron chi connectivity index (χ3n) is 5.37. The first-order valence-electron chi connectivity index (χ1n) is 10.3. The van der Waals surface area contributed by atoms with Crippen LogP contribution < -0.4 is 15.5 Å². The summed E-state index contributed by atoms with van der Waals surface area (Å²) in [4.78, 5) is 19.3. The number of aromatic nitrogens is 3. The second-order valence-corrected chi connectivity index (χ2v) is 8.31. The van der Waals surface area contributed by atoms with Crippen molar-refractivity contribution >= 4 is 34.0 Å². The maximum atomic E-state index is 12.3. The smallest absolute Gasteiger partial charge is 0.324 e. The van der Waals surface area contributed by atoms with Crippen LogP contribution in [0.4, 0.5) is 21.4 Å². The number of thiazole rings is 1. The standard InChI is InChI=1S/C21H24N6O2S/c28-20(24-19-13-17-3-1-2-8-27(17)25-19)22-16-6-4-15(5-7-16)18-14-30-21(23-18)26-9-11-29-12-10-26/h4-7,13-14H,1-3,8-12H2,(H2,22,24,25,28). The second kappa shape index (κ2) is 8.45. The van der Waals surface area contributed by atoms with E-state index in [1.165, 1.54) is 12.1 Å². The van der Waals surface area contributed by atoms with Crippen molar-refractivity contribution in [2.24, 2.45) is 0 Å². The van der Waals surface area contributed by atoms with Gasteiger partial charge < -0.3 is 15.0 Å². The van der Waals surface area contributed by atoms with Gasteiger partial charge in [-0.1, -0.05) is 12.1 Å². The van der Waals surface area contributed by atoms with E-state index in [1.54, 1.807) is 11.3 Å². The molecule has 1 aromatic carbocycles. The number of rotatable bonds is 4. The molecule has 1 fully saturated rings. The van der Waals surface area contributed by atoms with Crippen LogP contribution in [-0.2, 0) is 17.7 Å². The number of hydrogen-bond donors (Lipinski definition) is 2. The first-order chi connectivity index (χ1) is 14.7. The molecule has 9 heteroatoms. The molecule has 8 nitrogen and oxygen atoms in total. The molecule has 2 amide bonds. The maximum absolute atomic E-state index is 12.3. The van der Waals surface area contributed by atoms with Crippen molar-refractivity contribution in [2.75, 3.05) is 41.8 Å². The van der Waals surface area contributed by atoms with E-state index in [4.69, 9.17) is 9.72 Å². The molecule has 2 aromatic heterocycles. The predicted molar refractivity (Wildman–Crippen MR) is 118 cm³/mol.